The Hall–Kier alpha value is -2.77. The average molecular weight is 481 g/mol. The number of sulfonamides is 1. The van der Waals surface area contributed by atoms with Crippen LogP contribution in [0.3, 0.4) is 0 Å². The quantitative estimate of drug-likeness (QED) is 0.363. The molecule has 0 saturated carbocycles. The molecular weight excluding hydrogens is 452 g/mol. The second-order valence-electron chi connectivity index (χ2n) is 8.22. The lowest BCUT2D eigenvalue weighted by Gasteiger charge is -2.23. The highest BCUT2D eigenvalue weighted by Gasteiger charge is 2.27. The fraction of sp³-hybridized carbons (Fsp3) is 0.269. The van der Waals surface area contributed by atoms with Gasteiger partial charge in [0.05, 0.1) is 15.9 Å². The van der Waals surface area contributed by atoms with E-state index in [0.717, 1.165) is 42.6 Å². The van der Waals surface area contributed by atoms with E-state index in [0.29, 0.717) is 5.84 Å². The second-order valence-corrected chi connectivity index (χ2v) is 11.3. The van der Waals surface area contributed by atoms with Crippen LogP contribution in [0.15, 0.2) is 94.2 Å². The number of hydrogen-bond acceptors (Lipinski definition) is 3. The van der Waals surface area contributed by atoms with Crippen LogP contribution in [0.2, 0.25) is 0 Å². The van der Waals surface area contributed by atoms with Crippen molar-refractivity contribution in [2.24, 2.45) is 4.40 Å². The summed E-state index contributed by atoms with van der Waals surface area (Å²) in [6.45, 7) is 3.35. The molecule has 5 nitrogen and oxygen atoms in total. The molecule has 0 amide bonds. The van der Waals surface area contributed by atoms with Gasteiger partial charge in [-0.05, 0) is 43.0 Å². The third-order valence-corrected chi connectivity index (χ3v) is 8.69. The van der Waals surface area contributed by atoms with Crippen molar-refractivity contribution < 1.29 is 12.6 Å². The van der Waals surface area contributed by atoms with Crippen molar-refractivity contribution in [2.45, 2.75) is 29.9 Å². The molecule has 4 rings (SSSR count). The van der Waals surface area contributed by atoms with Gasteiger partial charge >= 0.3 is 0 Å². The first-order chi connectivity index (χ1) is 15.9. The normalized spacial score (nSPS) is 15.7. The molecule has 1 atom stereocenters. The lowest BCUT2D eigenvalue weighted by molar-refractivity contribution is 0.516. The van der Waals surface area contributed by atoms with Crippen LogP contribution in [0, 0.1) is 6.92 Å². The van der Waals surface area contributed by atoms with Crippen LogP contribution in [0.5, 0.6) is 0 Å². The van der Waals surface area contributed by atoms with Gasteiger partial charge < -0.3 is 4.90 Å². The second kappa shape index (κ2) is 10.4. The number of amidine groups is 1. The first kappa shape index (κ1) is 23.4. The molecule has 0 spiro atoms. The molecule has 172 valence electrons. The van der Waals surface area contributed by atoms with Crippen molar-refractivity contribution in [3.05, 3.63) is 102 Å². The smallest absolute Gasteiger partial charge is 0.283 e. The molecular formula is C26H28N2O3S2. The van der Waals surface area contributed by atoms with Crippen molar-refractivity contribution in [3.63, 3.8) is 0 Å². The zero-order valence-electron chi connectivity index (χ0n) is 18.6. The summed E-state index contributed by atoms with van der Waals surface area (Å²) in [7, 11) is -5.32. The van der Waals surface area contributed by atoms with E-state index in [9.17, 15) is 12.6 Å². The van der Waals surface area contributed by atoms with E-state index < -0.39 is 20.8 Å². The third-order valence-electron chi connectivity index (χ3n) is 5.75. The van der Waals surface area contributed by atoms with Gasteiger partial charge in [0.25, 0.3) is 10.0 Å². The maximum Gasteiger partial charge on any atom is 0.283 e. The Labute approximate surface area is 198 Å². The lowest BCUT2D eigenvalue weighted by Crippen LogP contribution is -2.34. The summed E-state index contributed by atoms with van der Waals surface area (Å²) < 4.78 is 44.2. The molecule has 0 aliphatic carbocycles. The van der Waals surface area contributed by atoms with Gasteiger partial charge in [0.2, 0.25) is 0 Å². The summed E-state index contributed by atoms with van der Waals surface area (Å²) in [6.07, 6.45) is 1.94. The molecule has 3 aromatic carbocycles. The van der Waals surface area contributed by atoms with Crippen molar-refractivity contribution in [1.82, 2.24) is 4.90 Å². The molecule has 1 heterocycles. The topological polar surface area (TPSA) is 66.8 Å². The minimum atomic E-state index is -3.90. The summed E-state index contributed by atoms with van der Waals surface area (Å²) in [5.74, 6) is 0.447. The van der Waals surface area contributed by atoms with Crippen LogP contribution in [-0.4, -0.2) is 42.2 Å². The number of likely N-dealkylation sites (tertiary alicyclic amines) is 1. The minimum Gasteiger partial charge on any atom is -0.359 e. The zero-order chi connectivity index (χ0) is 23.3. The molecule has 33 heavy (non-hydrogen) atoms. The van der Waals surface area contributed by atoms with E-state index >= 15 is 0 Å². The van der Waals surface area contributed by atoms with E-state index in [1.54, 1.807) is 24.3 Å². The molecule has 0 N–H and O–H groups in total. The van der Waals surface area contributed by atoms with Crippen molar-refractivity contribution in [2.75, 3.05) is 18.8 Å². The summed E-state index contributed by atoms with van der Waals surface area (Å²) in [6, 6.07) is 26.1. The van der Waals surface area contributed by atoms with Crippen molar-refractivity contribution in [3.8, 4) is 0 Å². The van der Waals surface area contributed by atoms with Crippen molar-refractivity contribution >= 4 is 26.7 Å². The summed E-state index contributed by atoms with van der Waals surface area (Å²) >= 11 is 0. The number of nitrogens with zero attached hydrogens (tertiary/aromatic N) is 2. The summed E-state index contributed by atoms with van der Waals surface area (Å²) in [4.78, 5) is 2.12. The van der Waals surface area contributed by atoms with E-state index in [4.69, 9.17) is 0 Å². The Kier molecular flexibility index (Phi) is 7.40. The Morgan fingerprint density at radius 3 is 1.91 bits per heavy atom. The highest BCUT2D eigenvalue weighted by atomic mass is 32.2. The largest absolute Gasteiger partial charge is 0.359 e. The highest BCUT2D eigenvalue weighted by Crippen LogP contribution is 2.29. The molecule has 1 aliphatic heterocycles. The number of aryl methyl sites for hydroxylation is 1. The number of hydrogen-bond donors (Lipinski definition) is 0. The molecule has 1 unspecified atom stereocenters. The summed E-state index contributed by atoms with van der Waals surface area (Å²) in [5.41, 5.74) is 2.85. The van der Waals surface area contributed by atoms with Gasteiger partial charge in [-0.25, -0.2) is 0 Å². The van der Waals surface area contributed by atoms with Crippen LogP contribution < -0.4 is 0 Å². The van der Waals surface area contributed by atoms with E-state index in [2.05, 4.69) is 4.40 Å². The lowest BCUT2D eigenvalue weighted by atomic mass is 10.0. The maximum atomic E-state index is 13.8. The predicted octanol–water partition coefficient (Wildman–Crippen LogP) is 4.72. The van der Waals surface area contributed by atoms with Gasteiger partial charge in [-0.2, -0.15) is 8.42 Å². The van der Waals surface area contributed by atoms with Crippen LogP contribution >= 0.6 is 0 Å². The zero-order valence-corrected chi connectivity index (χ0v) is 20.3. The summed E-state index contributed by atoms with van der Waals surface area (Å²) in [5, 5.41) is -0.373. The van der Waals surface area contributed by atoms with E-state index in [1.807, 2.05) is 72.5 Å². The average Bonchev–Trinajstić information content (AvgIpc) is 3.36. The third kappa shape index (κ3) is 5.78. The van der Waals surface area contributed by atoms with Gasteiger partial charge in [0.1, 0.15) is 5.84 Å². The van der Waals surface area contributed by atoms with Gasteiger partial charge in [-0.15, -0.1) is 4.40 Å². The van der Waals surface area contributed by atoms with Gasteiger partial charge in [0, 0.05) is 23.9 Å². The maximum absolute atomic E-state index is 13.8. The first-order valence-corrected chi connectivity index (χ1v) is 13.9. The molecule has 0 aromatic heterocycles. The van der Waals surface area contributed by atoms with Gasteiger partial charge in [-0.3, -0.25) is 4.21 Å². The molecule has 0 bridgehead atoms. The Bertz CT molecular complexity index is 1180. The molecule has 1 saturated heterocycles. The monoisotopic (exact) mass is 480 g/mol. The fourth-order valence-electron chi connectivity index (χ4n) is 4.01. The van der Waals surface area contributed by atoms with Crippen molar-refractivity contribution in [1.29, 1.82) is 0 Å². The Morgan fingerprint density at radius 1 is 0.879 bits per heavy atom. The molecule has 0 radical (unpaired) electrons. The SMILES string of the molecule is Cc1ccc(S(=O)(=O)/N=C(/CS(=O)C(c2ccccc2)c2ccccc2)N2CCCC2)cc1. The standard InChI is InChI=1S/C26H28N2O3S2/c1-21-14-16-24(17-15-21)33(30,31)27-25(28-18-8-9-19-28)20-32(29)26(22-10-4-2-5-11-22)23-12-6-3-7-13-23/h2-7,10-17,26H,8-9,18-20H2,1H3/b27-25-. The van der Waals surface area contributed by atoms with E-state index in [1.165, 1.54) is 0 Å². The molecule has 1 aliphatic rings. The Morgan fingerprint density at radius 2 is 1.39 bits per heavy atom. The van der Waals surface area contributed by atoms with Gasteiger partial charge in [0.15, 0.2) is 0 Å². The molecule has 1 fully saturated rings. The van der Waals surface area contributed by atoms with Crippen LogP contribution in [0.25, 0.3) is 0 Å². The number of benzene rings is 3. The number of rotatable bonds is 7. The highest BCUT2D eigenvalue weighted by molar-refractivity contribution is 7.90. The van der Waals surface area contributed by atoms with Crippen LogP contribution in [0.1, 0.15) is 34.8 Å². The van der Waals surface area contributed by atoms with Crippen LogP contribution in [0.4, 0.5) is 0 Å². The predicted molar refractivity (Wildman–Crippen MR) is 134 cm³/mol. The molecule has 3 aromatic rings. The first-order valence-electron chi connectivity index (χ1n) is 11.1. The van der Waals surface area contributed by atoms with E-state index in [-0.39, 0.29) is 15.9 Å². The fourth-order valence-corrected chi connectivity index (χ4v) is 6.73. The molecule has 7 heteroatoms. The Balaban J connectivity index is 1.70. The minimum absolute atomic E-state index is 0.0690. The van der Waals surface area contributed by atoms with Crippen LogP contribution in [-0.2, 0) is 20.8 Å². The van der Waals surface area contributed by atoms with Gasteiger partial charge in [-0.1, -0.05) is 78.4 Å².